The van der Waals surface area contributed by atoms with Crippen molar-refractivity contribution in [3.8, 4) is 0 Å². The van der Waals surface area contributed by atoms with Crippen LogP contribution in [-0.2, 0) is 12.8 Å². The number of halogens is 2. The summed E-state index contributed by atoms with van der Waals surface area (Å²) in [6, 6.07) is 24.3. The smallest absolute Gasteiger partial charge is 0.321 e. The first kappa shape index (κ1) is 24.2. The number of nitrogens with one attached hydrogen (secondary N) is 1. The van der Waals surface area contributed by atoms with E-state index in [4.69, 9.17) is 11.6 Å². The van der Waals surface area contributed by atoms with Crippen molar-refractivity contribution in [3.63, 3.8) is 0 Å². The van der Waals surface area contributed by atoms with E-state index in [1.54, 1.807) is 12.1 Å². The molecule has 178 valence electrons. The van der Waals surface area contributed by atoms with Crippen LogP contribution in [0.2, 0.25) is 5.02 Å². The maximum atomic E-state index is 13.6. The second-order valence-electron chi connectivity index (χ2n) is 8.82. The Kier molecular flexibility index (Phi) is 8.56. The van der Waals surface area contributed by atoms with Gasteiger partial charge in [-0.15, -0.1) is 0 Å². The summed E-state index contributed by atoms with van der Waals surface area (Å²) < 4.78 is 13.6. The lowest BCUT2D eigenvalue weighted by Crippen LogP contribution is -2.49. The fourth-order valence-corrected chi connectivity index (χ4v) is 4.62. The molecule has 0 bridgehead atoms. The molecule has 0 radical (unpaired) electrons. The molecule has 0 atom stereocenters. The van der Waals surface area contributed by atoms with Crippen LogP contribution < -0.4 is 5.32 Å². The van der Waals surface area contributed by atoms with Gasteiger partial charge in [0.1, 0.15) is 5.82 Å². The Morgan fingerprint density at radius 2 is 1.65 bits per heavy atom. The molecule has 0 saturated carbocycles. The number of carbonyl (C=O) groups excluding carboxylic acids is 1. The van der Waals surface area contributed by atoms with Crippen molar-refractivity contribution in [2.24, 2.45) is 0 Å². The Labute approximate surface area is 206 Å². The first-order valence-corrected chi connectivity index (χ1v) is 12.3. The van der Waals surface area contributed by atoms with Crippen LogP contribution in [0.1, 0.15) is 24.0 Å². The summed E-state index contributed by atoms with van der Waals surface area (Å²) in [5, 5.41) is 3.66. The van der Waals surface area contributed by atoms with E-state index in [2.05, 4.69) is 34.5 Å². The van der Waals surface area contributed by atoms with Gasteiger partial charge in [0.05, 0.1) is 0 Å². The van der Waals surface area contributed by atoms with Crippen LogP contribution in [0.25, 0.3) is 0 Å². The molecular formula is C28H31ClFN3O. The summed E-state index contributed by atoms with van der Waals surface area (Å²) in [6.45, 7) is 3.52. The molecule has 3 aromatic rings. The third-order valence-electron chi connectivity index (χ3n) is 6.45. The van der Waals surface area contributed by atoms with Gasteiger partial charge in [0.25, 0.3) is 0 Å². The second kappa shape index (κ2) is 12.0. The SMILES string of the molecule is O=C(Nc1cccc(F)c1)N(CCc1ccccc1)C1CCN(CCc2ccc(Cl)cc2)CC1. The van der Waals surface area contributed by atoms with Gasteiger partial charge in [0.15, 0.2) is 0 Å². The van der Waals surface area contributed by atoms with Gasteiger partial charge in [0, 0.05) is 42.9 Å². The summed E-state index contributed by atoms with van der Waals surface area (Å²) in [5.41, 5.74) is 2.96. The number of likely N-dealkylation sites (tertiary alicyclic amines) is 1. The number of hydrogen-bond donors (Lipinski definition) is 1. The normalized spacial score (nSPS) is 14.6. The molecule has 1 aliphatic rings. The van der Waals surface area contributed by atoms with Crippen LogP contribution in [0.15, 0.2) is 78.9 Å². The number of benzene rings is 3. The van der Waals surface area contributed by atoms with Gasteiger partial charge in [-0.05, 0) is 67.1 Å². The zero-order valence-corrected chi connectivity index (χ0v) is 20.1. The molecule has 1 fully saturated rings. The molecule has 2 amide bonds. The molecule has 1 saturated heterocycles. The first-order valence-electron chi connectivity index (χ1n) is 11.9. The standard InChI is InChI=1S/C28H31ClFN3O/c29-24-11-9-23(10-12-24)13-17-32-18-15-27(16-19-32)33(20-14-22-5-2-1-3-6-22)28(34)31-26-8-4-7-25(30)21-26/h1-12,21,27H,13-20H2,(H,31,34). The van der Waals surface area contributed by atoms with Crippen LogP contribution in [0.3, 0.4) is 0 Å². The van der Waals surface area contributed by atoms with Crippen molar-refractivity contribution >= 4 is 23.3 Å². The minimum Gasteiger partial charge on any atom is -0.321 e. The van der Waals surface area contributed by atoms with Crippen LogP contribution in [0.5, 0.6) is 0 Å². The molecule has 0 spiro atoms. The number of rotatable bonds is 8. The van der Waals surface area contributed by atoms with Gasteiger partial charge in [-0.3, -0.25) is 0 Å². The lowest BCUT2D eigenvalue weighted by Gasteiger charge is -2.38. The molecule has 4 nitrogen and oxygen atoms in total. The average molecular weight is 480 g/mol. The van der Waals surface area contributed by atoms with E-state index in [1.165, 1.54) is 23.3 Å². The lowest BCUT2D eigenvalue weighted by atomic mass is 10.0. The minimum absolute atomic E-state index is 0.157. The predicted octanol–water partition coefficient (Wildman–Crippen LogP) is 6.26. The van der Waals surface area contributed by atoms with Gasteiger partial charge >= 0.3 is 6.03 Å². The van der Waals surface area contributed by atoms with Crippen LogP contribution in [0.4, 0.5) is 14.9 Å². The first-order chi connectivity index (χ1) is 16.6. The molecule has 6 heteroatoms. The molecule has 1 heterocycles. The summed E-state index contributed by atoms with van der Waals surface area (Å²) in [6.07, 6.45) is 3.62. The highest BCUT2D eigenvalue weighted by molar-refractivity contribution is 6.30. The Balaban J connectivity index is 1.36. The molecule has 34 heavy (non-hydrogen) atoms. The third-order valence-corrected chi connectivity index (χ3v) is 6.70. The maximum Gasteiger partial charge on any atom is 0.322 e. The highest BCUT2D eigenvalue weighted by atomic mass is 35.5. The molecule has 0 aromatic heterocycles. The van der Waals surface area contributed by atoms with Gasteiger partial charge in [0.2, 0.25) is 0 Å². The highest BCUT2D eigenvalue weighted by Crippen LogP contribution is 2.20. The van der Waals surface area contributed by atoms with Crippen molar-refractivity contribution in [1.82, 2.24) is 9.80 Å². The van der Waals surface area contributed by atoms with E-state index in [9.17, 15) is 9.18 Å². The number of amides is 2. The Morgan fingerprint density at radius 1 is 0.941 bits per heavy atom. The van der Waals surface area contributed by atoms with Crippen molar-refractivity contribution in [2.75, 3.05) is 31.5 Å². The van der Waals surface area contributed by atoms with E-state index in [0.717, 1.165) is 50.3 Å². The summed E-state index contributed by atoms with van der Waals surface area (Å²) in [7, 11) is 0. The van der Waals surface area contributed by atoms with Crippen LogP contribution >= 0.6 is 11.6 Å². The minimum atomic E-state index is -0.359. The zero-order chi connectivity index (χ0) is 23.8. The fraction of sp³-hybridized carbons (Fsp3) is 0.321. The molecule has 1 N–H and O–H groups in total. The lowest BCUT2D eigenvalue weighted by molar-refractivity contribution is 0.128. The van der Waals surface area contributed by atoms with Crippen molar-refractivity contribution in [1.29, 1.82) is 0 Å². The topological polar surface area (TPSA) is 35.6 Å². The summed E-state index contributed by atoms with van der Waals surface area (Å²) in [4.78, 5) is 17.6. The molecule has 0 unspecified atom stereocenters. The van der Waals surface area contributed by atoms with Gasteiger partial charge in [-0.25, -0.2) is 9.18 Å². The van der Waals surface area contributed by atoms with Crippen molar-refractivity contribution in [2.45, 2.75) is 31.7 Å². The average Bonchev–Trinajstić information content (AvgIpc) is 2.85. The molecule has 3 aromatic carbocycles. The summed E-state index contributed by atoms with van der Waals surface area (Å²) >= 11 is 5.99. The van der Waals surface area contributed by atoms with Gasteiger partial charge in [-0.2, -0.15) is 0 Å². The highest BCUT2D eigenvalue weighted by Gasteiger charge is 2.28. The van der Waals surface area contributed by atoms with Crippen LogP contribution in [0, 0.1) is 5.82 Å². The third kappa shape index (κ3) is 7.05. The van der Waals surface area contributed by atoms with Crippen molar-refractivity contribution in [3.05, 3.63) is 101 Å². The summed E-state index contributed by atoms with van der Waals surface area (Å²) in [5.74, 6) is -0.359. The maximum absolute atomic E-state index is 13.6. The molecule has 0 aliphatic carbocycles. The zero-order valence-electron chi connectivity index (χ0n) is 19.3. The number of carbonyl (C=O) groups is 1. The van der Waals surface area contributed by atoms with Gasteiger partial charge in [-0.1, -0.05) is 60.1 Å². The quantitative estimate of drug-likeness (QED) is 0.413. The van der Waals surface area contributed by atoms with E-state index in [-0.39, 0.29) is 17.9 Å². The molecule has 4 rings (SSSR count). The predicted molar refractivity (Wildman–Crippen MR) is 137 cm³/mol. The Bertz CT molecular complexity index is 1050. The number of piperidine rings is 1. The molecular weight excluding hydrogens is 449 g/mol. The van der Waals surface area contributed by atoms with E-state index in [0.29, 0.717) is 12.2 Å². The van der Waals surface area contributed by atoms with Gasteiger partial charge < -0.3 is 15.1 Å². The monoisotopic (exact) mass is 479 g/mol. The fourth-order valence-electron chi connectivity index (χ4n) is 4.50. The number of anilines is 1. The number of hydrogen-bond acceptors (Lipinski definition) is 2. The molecule has 1 aliphatic heterocycles. The Morgan fingerprint density at radius 3 is 2.35 bits per heavy atom. The van der Waals surface area contributed by atoms with E-state index >= 15 is 0 Å². The number of nitrogens with zero attached hydrogens (tertiary/aromatic N) is 2. The van der Waals surface area contributed by atoms with Crippen molar-refractivity contribution < 1.29 is 9.18 Å². The largest absolute Gasteiger partial charge is 0.322 e. The number of urea groups is 1. The van der Waals surface area contributed by atoms with E-state index in [1.807, 2.05) is 35.2 Å². The Hall–Kier alpha value is -2.89. The van der Waals surface area contributed by atoms with Crippen LogP contribution in [-0.4, -0.2) is 48.1 Å². The van der Waals surface area contributed by atoms with E-state index < -0.39 is 0 Å². The second-order valence-corrected chi connectivity index (χ2v) is 9.26.